The lowest BCUT2D eigenvalue weighted by Gasteiger charge is -2.21. The monoisotopic (exact) mass is 368 g/mol. The first kappa shape index (κ1) is 20.2. The van der Waals surface area contributed by atoms with Crippen molar-refractivity contribution in [3.05, 3.63) is 59.2 Å². The molecule has 2 aromatic rings. The SMILES string of the molecule is CCOC(=O)c1ccc(N(CC(=O)Nc2ccc(C)cc2C)C(C)=O)cc1. The third-order valence-electron chi connectivity index (χ3n) is 4.03. The number of rotatable bonds is 6. The minimum absolute atomic E-state index is 0.124. The van der Waals surface area contributed by atoms with E-state index in [0.717, 1.165) is 11.1 Å². The van der Waals surface area contributed by atoms with E-state index in [0.29, 0.717) is 23.5 Å². The molecule has 6 heteroatoms. The second-order valence-corrected chi connectivity index (χ2v) is 6.24. The molecule has 2 amide bonds. The first-order chi connectivity index (χ1) is 12.8. The molecule has 0 atom stereocenters. The minimum atomic E-state index is -0.425. The highest BCUT2D eigenvalue weighted by Crippen LogP contribution is 2.18. The first-order valence-corrected chi connectivity index (χ1v) is 8.74. The van der Waals surface area contributed by atoms with E-state index in [4.69, 9.17) is 4.74 Å². The maximum Gasteiger partial charge on any atom is 0.338 e. The molecule has 0 bridgehead atoms. The van der Waals surface area contributed by atoms with E-state index in [1.165, 1.54) is 11.8 Å². The molecule has 1 N–H and O–H groups in total. The summed E-state index contributed by atoms with van der Waals surface area (Å²) in [5, 5.41) is 2.83. The number of nitrogens with zero attached hydrogens (tertiary/aromatic N) is 1. The number of anilines is 2. The summed E-state index contributed by atoms with van der Waals surface area (Å²) in [6.45, 7) is 7.19. The van der Waals surface area contributed by atoms with Crippen LogP contribution in [0.5, 0.6) is 0 Å². The number of aryl methyl sites for hydroxylation is 2. The van der Waals surface area contributed by atoms with Crippen LogP contribution in [0.1, 0.15) is 35.3 Å². The molecule has 0 radical (unpaired) electrons. The summed E-state index contributed by atoms with van der Waals surface area (Å²) in [5.41, 5.74) is 3.70. The standard InChI is InChI=1S/C21H24N2O4/c1-5-27-21(26)17-7-9-18(10-8-17)23(16(4)24)13-20(25)22-19-11-6-14(2)12-15(19)3/h6-12H,5,13H2,1-4H3,(H,22,25). The zero-order valence-electron chi connectivity index (χ0n) is 16.0. The van der Waals surface area contributed by atoms with Crippen LogP contribution in [0.4, 0.5) is 11.4 Å². The van der Waals surface area contributed by atoms with Gasteiger partial charge in [-0.25, -0.2) is 4.79 Å². The Balaban J connectivity index is 2.11. The molecular formula is C21H24N2O4. The lowest BCUT2D eigenvalue weighted by molar-refractivity contribution is -0.120. The number of amides is 2. The van der Waals surface area contributed by atoms with Crippen LogP contribution in [-0.2, 0) is 14.3 Å². The number of hydrogen-bond acceptors (Lipinski definition) is 4. The van der Waals surface area contributed by atoms with Gasteiger partial charge in [0, 0.05) is 18.3 Å². The van der Waals surface area contributed by atoms with Crippen molar-refractivity contribution in [1.29, 1.82) is 0 Å². The van der Waals surface area contributed by atoms with E-state index >= 15 is 0 Å². The maximum absolute atomic E-state index is 12.4. The highest BCUT2D eigenvalue weighted by molar-refractivity contribution is 6.02. The fourth-order valence-corrected chi connectivity index (χ4v) is 2.66. The van der Waals surface area contributed by atoms with Gasteiger partial charge in [0.1, 0.15) is 6.54 Å². The Labute approximate surface area is 159 Å². The third kappa shape index (κ3) is 5.41. The molecule has 0 saturated carbocycles. The summed E-state index contributed by atoms with van der Waals surface area (Å²) in [7, 11) is 0. The Morgan fingerprint density at radius 2 is 1.70 bits per heavy atom. The second-order valence-electron chi connectivity index (χ2n) is 6.24. The predicted octanol–water partition coefficient (Wildman–Crippen LogP) is 3.47. The number of nitrogens with one attached hydrogen (secondary N) is 1. The molecule has 27 heavy (non-hydrogen) atoms. The Morgan fingerprint density at radius 1 is 1.04 bits per heavy atom. The third-order valence-corrected chi connectivity index (χ3v) is 4.03. The largest absolute Gasteiger partial charge is 0.462 e. The van der Waals surface area contributed by atoms with Crippen molar-refractivity contribution in [2.75, 3.05) is 23.4 Å². The van der Waals surface area contributed by atoms with Crippen LogP contribution in [0, 0.1) is 13.8 Å². The summed E-state index contributed by atoms with van der Waals surface area (Å²) < 4.78 is 4.94. The lowest BCUT2D eigenvalue weighted by atomic mass is 10.1. The van der Waals surface area contributed by atoms with E-state index < -0.39 is 5.97 Å². The second kappa shape index (κ2) is 8.98. The molecule has 0 aliphatic carbocycles. The fraction of sp³-hybridized carbons (Fsp3) is 0.286. The topological polar surface area (TPSA) is 75.7 Å². The van der Waals surface area contributed by atoms with Crippen LogP contribution in [0.3, 0.4) is 0 Å². The highest BCUT2D eigenvalue weighted by Gasteiger charge is 2.17. The van der Waals surface area contributed by atoms with Crippen LogP contribution in [0.25, 0.3) is 0 Å². The smallest absolute Gasteiger partial charge is 0.338 e. The van der Waals surface area contributed by atoms with Crippen molar-refractivity contribution in [2.45, 2.75) is 27.7 Å². The predicted molar refractivity (Wildman–Crippen MR) is 105 cm³/mol. The summed E-state index contributed by atoms with van der Waals surface area (Å²) >= 11 is 0. The highest BCUT2D eigenvalue weighted by atomic mass is 16.5. The number of esters is 1. The number of hydrogen-bond donors (Lipinski definition) is 1. The van der Waals surface area contributed by atoms with Gasteiger partial charge in [0.25, 0.3) is 0 Å². The van der Waals surface area contributed by atoms with E-state index in [1.54, 1.807) is 31.2 Å². The van der Waals surface area contributed by atoms with Crippen molar-refractivity contribution in [3.8, 4) is 0 Å². The van der Waals surface area contributed by atoms with Gasteiger partial charge in [0.2, 0.25) is 11.8 Å². The van der Waals surface area contributed by atoms with E-state index in [-0.39, 0.29) is 18.4 Å². The van der Waals surface area contributed by atoms with Crippen molar-refractivity contribution in [1.82, 2.24) is 0 Å². The zero-order chi connectivity index (χ0) is 20.0. The Kier molecular flexibility index (Phi) is 6.71. The molecule has 0 unspecified atom stereocenters. The quantitative estimate of drug-likeness (QED) is 0.792. The molecule has 0 spiro atoms. The van der Waals surface area contributed by atoms with Crippen LogP contribution < -0.4 is 10.2 Å². The van der Waals surface area contributed by atoms with Gasteiger partial charge in [0.05, 0.1) is 12.2 Å². The molecule has 0 aromatic heterocycles. The van der Waals surface area contributed by atoms with Gasteiger partial charge in [0.15, 0.2) is 0 Å². The first-order valence-electron chi connectivity index (χ1n) is 8.74. The van der Waals surface area contributed by atoms with E-state index in [2.05, 4.69) is 5.32 Å². The van der Waals surface area contributed by atoms with Crippen molar-refractivity contribution in [2.24, 2.45) is 0 Å². The summed E-state index contributed by atoms with van der Waals surface area (Å²) in [4.78, 5) is 37.5. The van der Waals surface area contributed by atoms with Crippen LogP contribution in [0.2, 0.25) is 0 Å². The van der Waals surface area contributed by atoms with Crippen LogP contribution in [0.15, 0.2) is 42.5 Å². The van der Waals surface area contributed by atoms with Gasteiger partial charge >= 0.3 is 5.97 Å². The molecule has 6 nitrogen and oxygen atoms in total. The number of benzene rings is 2. The van der Waals surface area contributed by atoms with Crippen molar-refractivity contribution in [3.63, 3.8) is 0 Å². The number of carbonyl (C=O) groups is 3. The summed E-state index contributed by atoms with van der Waals surface area (Å²) in [6, 6.07) is 12.1. The Hall–Kier alpha value is -3.15. The van der Waals surface area contributed by atoms with Gasteiger partial charge in [-0.2, -0.15) is 0 Å². The summed E-state index contributed by atoms with van der Waals surface area (Å²) in [5.74, 6) is -0.993. The minimum Gasteiger partial charge on any atom is -0.462 e. The van der Waals surface area contributed by atoms with Gasteiger partial charge in [-0.1, -0.05) is 17.7 Å². The van der Waals surface area contributed by atoms with Gasteiger partial charge in [-0.05, 0) is 56.7 Å². The molecule has 0 fully saturated rings. The molecule has 2 aromatic carbocycles. The summed E-state index contributed by atoms with van der Waals surface area (Å²) in [6.07, 6.45) is 0. The van der Waals surface area contributed by atoms with Gasteiger partial charge < -0.3 is 15.0 Å². The van der Waals surface area contributed by atoms with Crippen LogP contribution >= 0.6 is 0 Å². The molecule has 0 aliphatic heterocycles. The van der Waals surface area contributed by atoms with Crippen molar-refractivity contribution >= 4 is 29.2 Å². The molecule has 142 valence electrons. The molecule has 0 saturated heterocycles. The average Bonchev–Trinajstić information content (AvgIpc) is 2.62. The van der Waals surface area contributed by atoms with Crippen LogP contribution in [-0.4, -0.2) is 30.9 Å². The normalized spacial score (nSPS) is 10.2. The lowest BCUT2D eigenvalue weighted by Crippen LogP contribution is -2.36. The van der Waals surface area contributed by atoms with Crippen molar-refractivity contribution < 1.29 is 19.1 Å². The zero-order valence-corrected chi connectivity index (χ0v) is 16.0. The van der Waals surface area contributed by atoms with E-state index in [1.807, 2.05) is 32.0 Å². The molecular weight excluding hydrogens is 344 g/mol. The number of ether oxygens (including phenoxy) is 1. The van der Waals surface area contributed by atoms with Gasteiger partial charge in [-0.15, -0.1) is 0 Å². The number of carbonyl (C=O) groups excluding carboxylic acids is 3. The van der Waals surface area contributed by atoms with E-state index in [9.17, 15) is 14.4 Å². The van der Waals surface area contributed by atoms with Gasteiger partial charge in [-0.3, -0.25) is 9.59 Å². The molecule has 0 heterocycles. The Bertz CT molecular complexity index is 844. The fourth-order valence-electron chi connectivity index (χ4n) is 2.66. The average molecular weight is 368 g/mol. The maximum atomic E-state index is 12.4. The molecule has 0 aliphatic rings. The molecule has 2 rings (SSSR count). The Morgan fingerprint density at radius 3 is 2.26 bits per heavy atom.